The van der Waals surface area contributed by atoms with E-state index in [0.29, 0.717) is 10.8 Å². The van der Waals surface area contributed by atoms with Crippen molar-refractivity contribution < 1.29 is 14.4 Å². The van der Waals surface area contributed by atoms with Crippen molar-refractivity contribution >= 4 is 28.9 Å². The second-order valence-corrected chi connectivity index (χ2v) is 8.06. The molecule has 0 aliphatic carbocycles. The summed E-state index contributed by atoms with van der Waals surface area (Å²) in [6, 6.07) is 15.0. The Morgan fingerprint density at radius 3 is 2.43 bits per heavy atom. The lowest BCUT2D eigenvalue weighted by Crippen LogP contribution is -3.14. The molecule has 0 saturated carbocycles. The molecule has 2 N–H and O–H groups in total. The van der Waals surface area contributed by atoms with Gasteiger partial charge in [-0.25, -0.2) is 0 Å². The van der Waals surface area contributed by atoms with E-state index in [2.05, 4.69) is 23.2 Å². The third kappa shape index (κ3) is 4.97. The molecule has 0 spiro atoms. The normalized spacial score (nSPS) is 15.4. The van der Waals surface area contributed by atoms with Crippen molar-refractivity contribution in [2.75, 3.05) is 42.9 Å². The molecule has 2 aromatic carbocycles. The lowest BCUT2D eigenvalue weighted by Gasteiger charge is -2.34. The number of nitrogens with one attached hydrogen (secondary N) is 2. The first-order valence-electron chi connectivity index (χ1n) is 9.82. The van der Waals surface area contributed by atoms with Crippen LogP contribution in [-0.2, 0) is 4.79 Å². The predicted octanol–water partition coefficient (Wildman–Crippen LogP) is 2.86. The van der Waals surface area contributed by atoms with Crippen molar-refractivity contribution in [1.82, 2.24) is 0 Å². The van der Waals surface area contributed by atoms with Crippen molar-refractivity contribution in [3.8, 4) is 5.75 Å². The van der Waals surface area contributed by atoms with Crippen LogP contribution in [-0.4, -0.2) is 44.2 Å². The number of para-hydroxylation sites is 2. The molecule has 1 amide bonds. The molecule has 6 heteroatoms. The van der Waals surface area contributed by atoms with Crippen LogP contribution in [0.5, 0.6) is 5.75 Å². The van der Waals surface area contributed by atoms with Crippen LogP contribution < -0.4 is 19.9 Å². The van der Waals surface area contributed by atoms with E-state index in [1.165, 1.54) is 0 Å². The monoisotopic (exact) mass is 402 g/mol. The molecule has 0 unspecified atom stereocenters. The standard InChI is InChI=1S/C22H28ClN3O2/c1-4-25-13-15-26(16-14-25)20-8-6-5-7-19(20)24-21(27)22(2,3)28-18-11-9-17(23)10-12-18/h5-12H,4,13-16H2,1-3H3,(H,24,27)/p+1. The summed E-state index contributed by atoms with van der Waals surface area (Å²) >= 11 is 5.92. The maximum atomic E-state index is 13.0. The molecule has 1 fully saturated rings. The molecular formula is C22H29ClN3O2+. The molecule has 0 aromatic heterocycles. The summed E-state index contributed by atoms with van der Waals surface area (Å²) < 4.78 is 5.92. The van der Waals surface area contributed by atoms with Crippen LogP contribution >= 0.6 is 11.6 Å². The van der Waals surface area contributed by atoms with Gasteiger partial charge in [-0.1, -0.05) is 23.7 Å². The zero-order chi connectivity index (χ0) is 20.1. The van der Waals surface area contributed by atoms with E-state index in [4.69, 9.17) is 16.3 Å². The number of nitrogens with zero attached hydrogens (tertiary/aromatic N) is 1. The number of carbonyl (C=O) groups excluding carboxylic acids is 1. The third-order valence-corrected chi connectivity index (χ3v) is 5.45. The molecule has 3 rings (SSSR count). The Labute approximate surface area is 172 Å². The van der Waals surface area contributed by atoms with Gasteiger partial charge in [0.2, 0.25) is 0 Å². The highest BCUT2D eigenvalue weighted by molar-refractivity contribution is 6.30. The molecule has 1 saturated heterocycles. The van der Waals surface area contributed by atoms with Gasteiger partial charge in [-0.3, -0.25) is 4.79 Å². The van der Waals surface area contributed by atoms with Gasteiger partial charge in [0, 0.05) is 5.02 Å². The summed E-state index contributed by atoms with van der Waals surface area (Å²) in [7, 11) is 0. The molecule has 1 heterocycles. The highest BCUT2D eigenvalue weighted by atomic mass is 35.5. The number of piperazine rings is 1. The van der Waals surface area contributed by atoms with Crippen molar-refractivity contribution in [3.05, 3.63) is 53.6 Å². The first kappa shape index (κ1) is 20.5. The molecule has 1 aliphatic heterocycles. The average molecular weight is 403 g/mol. The Morgan fingerprint density at radius 2 is 1.79 bits per heavy atom. The number of hydrogen-bond acceptors (Lipinski definition) is 3. The predicted molar refractivity (Wildman–Crippen MR) is 115 cm³/mol. The van der Waals surface area contributed by atoms with E-state index in [9.17, 15) is 4.79 Å². The smallest absolute Gasteiger partial charge is 0.268 e. The maximum Gasteiger partial charge on any atom is 0.268 e. The molecule has 0 radical (unpaired) electrons. The lowest BCUT2D eigenvalue weighted by molar-refractivity contribution is -0.898. The first-order valence-corrected chi connectivity index (χ1v) is 10.2. The van der Waals surface area contributed by atoms with E-state index >= 15 is 0 Å². The Bertz CT molecular complexity index is 800. The van der Waals surface area contributed by atoms with Crippen LogP contribution in [0.25, 0.3) is 0 Å². The first-order chi connectivity index (χ1) is 13.4. The second-order valence-electron chi connectivity index (χ2n) is 7.63. The molecular weight excluding hydrogens is 374 g/mol. The molecule has 0 bridgehead atoms. The summed E-state index contributed by atoms with van der Waals surface area (Å²) in [6.07, 6.45) is 0. The van der Waals surface area contributed by atoms with E-state index in [0.717, 1.165) is 44.1 Å². The zero-order valence-corrected chi connectivity index (χ0v) is 17.6. The van der Waals surface area contributed by atoms with Gasteiger partial charge in [0.15, 0.2) is 5.60 Å². The Hall–Kier alpha value is -2.24. The van der Waals surface area contributed by atoms with Gasteiger partial charge in [0.25, 0.3) is 5.91 Å². The summed E-state index contributed by atoms with van der Waals surface area (Å²) in [5.41, 5.74) is 0.861. The number of benzene rings is 2. The van der Waals surface area contributed by atoms with Crippen LogP contribution in [0.1, 0.15) is 20.8 Å². The minimum atomic E-state index is -1.02. The van der Waals surface area contributed by atoms with Gasteiger partial charge in [0.05, 0.1) is 44.1 Å². The van der Waals surface area contributed by atoms with E-state index in [1.807, 2.05) is 18.2 Å². The van der Waals surface area contributed by atoms with Gasteiger partial charge >= 0.3 is 0 Å². The van der Waals surface area contributed by atoms with Gasteiger partial charge in [-0.05, 0) is 57.2 Å². The van der Waals surface area contributed by atoms with Crippen molar-refractivity contribution in [2.45, 2.75) is 26.4 Å². The largest absolute Gasteiger partial charge is 0.478 e. The molecule has 5 nitrogen and oxygen atoms in total. The fraction of sp³-hybridized carbons (Fsp3) is 0.409. The maximum absolute atomic E-state index is 13.0. The van der Waals surface area contributed by atoms with Crippen molar-refractivity contribution in [3.63, 3.8) is 0 Å². The quantitative estimate of drug-likeness (QED) is 0.781. The minimum Gasteiger partial charge on any atom is -0.478 e. The van der Waals surface area contributed by atoms with E-state index in [-0.39, 0.29) is 5.91 Å². The van der Waals surface area contributed by atoms with Gasteiger partial charge in [0.1, 0.15) is 5.75 Å². The van der Waals surface area contributed by atoms with E-state index < -0.39 is 5.60 Å². The topological polar surface area (TPSA) is 46.0 Å². The van der Waals surface area contributed by atoms with Crippen LogP contribution in [0.4, 0.5) is 11.4 Å². The molecule has 0 atom stereocenters. The molecule has 1 aliphatic rings. The number of quaternary nitrogens is 1. The lowest BCUT2D eigenvalue weighted by atomic mass is 10.1. The van der Waals surface area contributed by atoms with Gasteiger partial charge < -0.3 is 19.9 Å². The average Bonchev–Trinajstić information content (AvgIpc) is 2.70. The number of hydrogen-bond donors (Lipinski definition) is 2. The summed E-state index contributed by atoms with van der Waals surface area (Å²) in [5.74, 6) is 0.421. The van der Waals surface area contributed by atoms with Crippen LogP contribution in [0.3, 0.4) is 0 Å². The minimum absolute atomic E-state index is 0.187. The summed E-state index contributed by atoms with van der Waals surface area (Å²) in [4.78, 5) is 16.9. The Morgan fingerprint density at radius 1 is 1.14 bits per heavy atom. The third-order valence-electron chi connectivity index (χ3n) is 5.20. The SMILES string of the molecule is CC[NH+]1CCN(c2ccccc2NC(=O)C(C)(C)Oc2ccc(Cl)cc2)CC1. The number of rotatable bonds is 6. The highest BCUT2D eigenvalue weighted by Crippen LogP contribution is 2.28. The van der Waals surface area contributed by atoms with E-state index in [1.54, 1.807) is 43.0 Å². The highest BCUT2D eigenvalue weighted by Gasteiger charge is 2.31. The number of anilines is 2. The number of amides is 1. The molecule has 28 heavy (non-hydrogen) atoms. The Kier molecular flexibility index (Phi) is 6.47. The van der Waals surface area contributed by atoms with Gasteiger partial charge in [-0.2, -0.15) is 0 Å². The fourth-order valence-electron chi connectivity index (χ4n) is 3.39. The van der Waals surface area contributed by atoms with Crippen molar-refractivity contribution in [1.29, 1.82) is 0 Å². The Balaban J connectivity index is 1.70. The van der Waals surface area contributed by atoms with Crippen LogP contribution in [0.2, 0.25) is 5.02 Å². The number of likely N-dealkylation sites (N-methyl/N-ethyl adjacent to an activating group) is 1. The summed E-state index contributed by atoms with van der Waals surface area (Å²) in [5, 5.41) is 3.70. The fourth-order valence-corrected chi connectivity index (χ4v) is 3.51. The van der Waals surface area contributed by atoms with Crippen molar-refractivity contribution in [2.24, 2.45) is 0 Å². The number of carbonyl (C=O) groups is 1. The van der Waals surface area contributed by atoms with Gasteiger partial charge in [-0.15, -0.1) is 0 Å². The van der Waals surface area contributed by atoms with Crippen LogP contribution in [0.15, 0.2) is 48.5 Å². The second kappa shape index (κ2) is 8.84. The number of ether oxygens (including phenoxy) is 1. The molecule has 2 aromatic rings. The molecule has 150 valence electrons. The zero-order valence-electron chi connectivity index (χ0n) is 16.8. The van der Waals surface area contributed by atoms with Crippen LogP contribution in [0, 0.1) is 0 Å². The summed E-state index contributed by atoms with van der Waals surface area (Å²) in [6.45, 7) is 11.1. The number of halogens is 1.